The second-order valence-corrected chi connectivity index (χ2v) is 4.81. The summed E-state index contributed by atoms with van der Waals surface area (Å²) >= 11 is 0. The number of fused-ring (bicyclic) bond motifs is 1. The normalized spacial score (nSPS) is 13.9. The van der Waals surface area contributed by atoms with Crippen LogP contribution in [0.5, 0.6) is 11.5 Å². The van der Waals surface area contributed by atoms with Gasteiger partial charge in [0.2, 0.25) is 0 Å². The molecule has 0 saturated carbocycles. The lowest BCUT2D eigenvalue weighted by Crippen LogP contribution is -2.04. The van der Waals surface area contributed by atoms with E-state index in [1.807, 2.05) is 14.0 Å². The summed E-state index contributed by atoms with van der Waals surface area (Å²) in [6.45, 7) is 3.13. The summed E-state index contributed by atoms with van der Waals surface area (Å²) in [5, 5.41) is 4.11. The van der Waals surface area contributed by atoms with Crippen LogP contribution in [0.4, 0.5) is 0 Å². The number of nitrogens with zero attached hydrogens (tertiary/aromatic N) is 2. The van der Waals surface area contributed by atoms with Gasteiger partial charge in [-0.05, 0) is 25.1 Å². The molecule has 20 heavy (non-hydrogen) atoms. The molecule has 1 aliphatic heterocycles. The lowest BCUT2D eigenvalue weighted by molar-refractivity contribution is 0.103. The third kappa shape index (κ3) is 2.15. The highest BCUT2D eigenvalue weighted by Crippen LogP contribution is 2.31. The number of hydrogen-bond acceptors (Lipinski definition) is 4. The van der Waals surface area contributed by atoms with Gasteiger partial charge in [-0.2, -0.15) is 5.10 Å². The summed E-state index contributed by atoms with van der Waals surface area (Å²) in [7, 11) is 1.82. The summed E-state index contributed by atoms with van der Waals surface area (Å²) < 4.78 is 12.9. The highest BCUT2D eigenvalue weighted by molar-refractivity contribution is 6.09. The Bertz CT molecular complexity index is 661. The van der Waals surface area contributed by atoms with Crippen molar-refractivity contribution >= 4 is 5.78 Å². The second-order valence-electron chi connectivity index (χ2n) is 4.81. The van der Waals surface area contributed by atoms with Gasteiger partial charge in [0.05, 0.1) is 25.0 Å². The molecule has 0 aliphatic carbocycles. The highest BCUT2D eigenvalue weighted by Gasteiger charge is 2.18. The quantitative estimate of drug-likeness (QED) is 0.786. The molecule has 0 spiro atoms. The average molecular weight is 272 g/mol. The molecule has 0 amide bonds. The summed E-state index contributed by atoms with van der Waals surface area (Å²) in [5.41, 5.74) is 2.05. The van der Waals surface area contributed by atoms with Gasteiger partial charge in [0.15, 0.2) is 17.3 Å². The number of ether oxygens (including phenoxy) is 2. The fraction of sp³-hybridized carbons (Fsp3) is 0.333. The van der Waals surface area contributed by atoms with Gasteiger partial charge in [-0.3, -0.25) is 9.48 Å². The molecule has 104 valence electrons. The maximum atomic E-state index is 12.5. The predicted octanol–water partition coefficient (Wildman–Crippen LogP) is 2.12. The Morgan fingerprint density at radius 3 is 2.70 bits per heavy atom. The summed E-state index contributed by atoms with van der Waals surface area (Å²) in [6.07, 6.45) is 2.44. The largest absolute Gasteiger partial charge is 0.490 e. The van der Waals surface area contributed by atoms with Crippen molar-refractivity contribution in [2.24, 2.45) is 7.05 Å². The molecule has 2 heterocycles. The zero-order chi connectivity index (χ0) is 14.1. The molecule has 0 saturated heterocycles. The zero-order valence-corrected chi connectivity index (χ0v) is 11.5. The van der Waals surface area contributed by atoms with Gasteiger partial charge in [-0.25, -0.2) is 0 Å². The number of carbonyl (C=O) groups excluding carboxylic acids is 1. The van der Waals surface area contributed by atoms with E-state index in [0.29, 0.717) is 35.8 Å². The van der Waals surface area contributed by atoms with Crippen LogP contribution in [-0.2, 0) is 7.05 Å². The van der Waals surface area contributed by atoms with E-state index in [9.17, 15) is 4.79 Å². The Kier molecular flexibility index (Phi) is 3.18. The molecule has 0 bridgehead atoms. The minimum Gasteiger partial charge on any atom is -0.490 e. The molecular formula is C15H16N2O3. The molecule has 1 aliphatic rings. The van der Waals surface area contributed by atoms with Gasteiger partial charge in [0.25, 0.3) is 0 Å². The standard InChI is InChI=1S/C15H16N2O3/c1-10-12(9-16-17(10)2)15(18)11-4-5-13-14(8-11)20-7-3-6-19-13/h4-5,8-9H,3,6-7H2,1-2H3. The van der Waals surface area contributed by atoms with E-state index in [0.717, 1.165) is 12.1 Å². The van der Waals surface area contributed by atoms with E-state index < -0.39 is 0 Å². The van der Waals surface area contributed by atoms with Crippen molar-refractivity contribution in [2.45, 2.75) is 13.3 Å². The van der Waals surface area contributed by atoms with Crippen molar-refractivity contribution in [1.82, 2.24) is 9.78 Å². The van der Waals surface area contributed by atoms with Crippen molar-refractivity contribution in [3.63, 3.8) is 0 Å². The van der Waals surface area contributed by atoms with Crippen LogP contribution >= 0.6 is 0 Å². The fourth-order valence-corrected chi connectivity index (χ4v) is 2.18. The number of aromatic nitrogens is 2. The van der Waals surface area contributed by atoms with Crippen LogP contribution < -0.4 is 9.47 Å². The lowest BCUT2D eigenvalue weighted by atomic mass is 10.0. The minimum atomic E-state index is -0.0498. The van der Waals surface area contributed by atoms with E-state index in [-0.39, 0.29) is 5.78 Å². The van der Waals surface area contributed by atoms with E-state index >= 15 is 0 Å². The van der Waals surface area contributed by atoms with Gasteiger partial charge in [-0.15, -0.1) is 0 Å². The van der Waals surface area contributed by atoms with E-state index in [2.05, 4.69) is 5.10 Å². The Labute approximate surface area is 117 Å². The average Bonchev–Trinajstić information content (AvgIpc) is 2.68. The van der Waals surface area contributed by atoms with Gasteiger partial charge < -0.3 is 9.47 Å². The molecule has 1 aromatic heterocycles. The molecule has 1 aromatic carbocycles. The molecule has 5 nitrogen and oxygen atoms in total. The van der Waals surface area contributed by atoms with Gasteiger partial charge in [0.1, 0.15) is 0 Å². The number of benzene rings is 1. The number of carbonyl (C=O) groups is 1. The lowest BCUT2D eigenvalue weighted by Gasteiger charge is -2.08. The molecule has 0 atom stereocenters. The van der Waals surface area contributed by atoms with Crippen LogP contribution in [0.1, 0.15) is 28.0 Å². The molecule has 0 fully saturated rings. The molecule has 2 aromatic rings. The number of ketones is 1. The number of hydrogen-bond donors (Lipinski definition) is 0. The first-order valence-electron chi connectivity index (χ1n) is 6.60. The van der Waals surface area contributed by atoms with Gasteiger partial charge in [-0.1, -0.05) is 0 Å². The van der Waals surface area contributed by atoms with Crippen LogP contribution in [0.25, 0.3) is 0 Å². The van der Waals surface area contributed by atoms with Gasteiger partial charge >= 0.3 is 0 Å². The van der Waals surface area contributed by atoms with Crippen molar-refractivity contribution in [2.75, 3.05) is 13.2 Å². The molecule has 0 unspecified atom stereocenters. The van der Waals surface area contributed by atoms with Crippen molar-refractivity contribution < 1.29 is 14.3 Å². The Morgan fingerprint density at radius 1 is 1.25 bits per heavy atom. The Balaban J connectivity index is 1.96. The Hall–Kier alpha value is -2.30. The smallest absolute Gasteiger partial charge is 0.196 e. The molecule has 5 heteroatoms. The Morgan fingerprint density at radius 2 is 2.00 bits per heavy atom. The zero-order valence-electron chi connectivity index (χ0n) is 11.5. The van der Waals surface area contributed by atoms with Crippen LogP contribution in [0.15, 0.2) is 24.4 Å². The number of rotatable bonds is 2. The third-order valence-corrected chi connectivity index (χ3v) is 3.49. The molecule has 3 rings (SSSR count). The first kappa shape index (κ1) is 12.7. The maximum Gasteiger partial charge on any atom is 0.196 e. The van der Waals surface area contributed by atoms with Crippen molar-refractivity contribution in [1.29, 1.82) is 0 Å². The molecule has 0 radical (unpaired) electrons. The van der Waals surface area contributed by atoms with Crippen molar-refractivity contribution in [3.8, 4) is 11.5 Å². The minimum absolute atomic E-state index is 0.0498. The number of aryl methyl sites for hydroxylation is 1. The summed E-state index contributed by atoms with van der Waals surface area (Å²) in [4.78, 5) is 12.5. The highest BCUT2D eigenvalue weighted by atomic mass is 16.5. The topological polar surface area (TPSA) is 53.4 Å². The predicted molar refractivity (Wildman–Crippen MR) is 73.4 cm³/mol. The van der Waals surface area contributed by atoms with E-state index in [1.165, 1.54) is 0 Å². The summed E-state index contributed by atoms with van der Waals surface area (Å²) in [5.74, 6) is 1.28. The van der Waals surface area contributed by atoms with Crippen molar-refractivity contribution in [3.05, 3.63) is 41.2 Å². The fourth-order valence-electron chi connectivity index (χ4n) is 2.18. The van der Waals surface area contributed by atoms with Crippen LogP contribution in [0, 0.1) is 6.92 Å². The molecular weight excluding hydrogens is 256 g/mol. The summed E-state index contributed by atoms with van der Waals surface area (Å²) in [6, 6.07) is 5.30. The maximum absolute atomic E-state index is 12.5. The van der Waals surface area contributed by atoms with E-state index in [1.54, 1.807) is 29.1 Å². The van der Waals surface area contributed by atoms with E-state index in [4.69, 9.17) is 9.47 Å². The first-order chi connectivity index (χ1) is 9.66. The first-order valence-corrected chi connectivity index (χ1v) is 6.60. The third-order valence-electron chi connectivity index (χ3n) is 3.49. The molecule has 0 N–H and O–H groups in total. The SMILES string of the molecule is Cc1c(C(=O)c2ccc3c(c2)OCCCO3)cnn1C. The van der Waals surface area contributed by atoms with Crippen LogP contribution in [0.3, 0.4) is 0 Å². The van der Waals surface area contributed by atoms with Crippen LogP contribution in [0.2, 0.25) is 0 Å². The van der Waals surface area contributed by atoms with Crippen LogP contribution in [-0.4, -0.2) is 28.8 Å². The van der Waals surface area contributed by atoms with Gasteiger partial charge in [0, 0.05) is 24.7 Å². The second kappa shape index (κ2) is 5.00. The monoisotopic (exact) mass is 272 g/mol.